The Morgan fingerprint density at radius 3 is 2.50 bits per heavy atom. The van der Waals surface area contributed by atoms with Crippen LogP contribution in [0.2, 0.25) is 0 Å². The van der Waals surface area contributed by atoms with E-state index in [0.29, 0.717) is 18.0 Å². The molecule has 0 atom stereocenters. The zero-order chi connectivity index (χ0) is 18.4. The summed E-state index contributed by atoms with van der Waals surface area (Å²) >= 11 is 5.14. The van der Waals surface area contributed by atoms with E-state index in [1.54, 1.807) is 17.4 Å². The highest BCUT2D eigenvalue weighted by Gasteiger charge is 2.10. The van der Waals surface area contributed by atoms with Crippen molar-refractivity contribution in [2.45, 2.75) is 31.8 Å². The molecule has 0 saturated heterocycles. The minimum atomic E-state index is -3.19. The Balaban J connectivity index is 0.00000338. The Bertz CT molecular complexity index is 867. The van der Waals surface area contributed by atoms with Crippen molar-refractivity contribution in [3.63, 3.8) is 0 Å². The Hall–Kier alpha value is -0.650. The summed E-state index contributed by atoms with van der Waals surface area (Å²) in [6.07, 6.45) is 1.23. The molecule has 0 aliphatic carbocycles. The van der Waals surface area contributed by atoms with Crippen LogP contribution < -0.4 is 10.6 Å². The number of halogens is 2. The number of hydrogen-bond acceptors (Lipinski definition) is 4. The average Bonchev–Trinajstić information content (AvgIpc) is 2.94. The van der Waals surface area contributed by atoms with E-state index in [0.717, 1.165) is 27.4 Å². The van der Waals surface area contributed by atoms with E-state index >= 15 is 0 Å². The smallest absolute Gasteiger partial charge is 0.191 e. The Labute approximate surface area is 184 Å². The van der Waals surface area contributed by atoms with Crippen molar-refractivity contribution in [3.05, 3.63) is 50.1 Å². The third kappa shape index (κ3) is 7.16. The van der Waals surface area contributed by atoms with Crippen LogP contribution in [0.4, 0.5) is 0 Å². The molecule has 0 spiro atoms. The van der Waals surface area contributed by atoms with Crippen molar-refractivity contribution >= 4 is 67.0 Å². The van der Waals surface area contributed by atoms with E-state index in [2.05, 4.69) is 37.6 Å². The number of guanidine groups is 1. The number of hydrogen-bond donors (Lipinski definition) is 2. The van der Waals surface area contributed by atoms with Gasteiger partial charge in [0.05, 0.1) is 21.8 Å². The molecule has 26 heavy (non-hydrogen) atoms. The lowest BCUT2D eigenvalue weighted by atomic mass is 10.1. The Kier molecular flexibility index (Phi) is 9.56. The molecule has 0 unspecified atom stereocenters. The molecule has 0 saturated carbocycles. The number of aryl methyl sites for hydroxylation is 1. The second-order valence-electron chi connectivity index (χ2n) is 5.63. The van der Waals surface area contributed by atoms with Crippen LogP contribution in [0.3, 0.4) is 0 Å². The lowest BCUT2D eigenvalue weighted by Crippen LogP contribution is -2.36. The molecule has 2 rings (SSSR count). The van der Waals surface area contributed by atoms with Gasteiger partial charge in [0.2, 0.25) is 0 Å². The van der Waals surface area contributed by atoms with Crippen molar-refractivity contribution in [3.8, 4) is 0 Å². The second kappa shape index (κ2) is 10.6. The third-order valence-electron chi connectivity index (χ3n) is 3.46. The average molecular weight is 572 g/mol. The fourth-order valence-electron chi connectivity index (χ4n) is 2.36. The number of nitrogens with zero attached hydrogens (tertiary/aromatic N) is 1. The van der Waals surface area contributed by atoms with Gasteiger partial charge in [-0.3, -0.25) is 0 Å². The van der Waals surface area contributed by atoms with Crippen LogP contribution in [0.15, 0.2) is 44.0 Å². The molecule has 1 aromatic heterocycles. The summed E-state index contributed by atoms with van der Waals surface area (Å²) in [5.74, 6) is 0.733. The number of benzene rings is 1. The fourth-order valence-corrected chi connectivity index (χ4v) is 4.74. The quantitative estimate of drug-likeness (QED) is 0.311. The minimum absolute atomic E-state index is 0. The summed E-state index contributed by atoms with van der Waals surface area (Å²) in [7, 11) is -3.19. The second-order valence-corrected chi connectivity index (χ2v) is 10.2. The normalized spacial score (nSPS) is 11.8. The lowest BCUT2D eigenvalue weighted by Gasteiger charge is -2.11. The van der Waals surface area contributed by atoms with Crippen molar-refractivity contribution in [2.24, 2.45) is 4.99 Å². The van der Waals surface area contributed by atoms with Crippen LogP contribution in [-0.4, -0.2) is 27.2 Å². The van der Waals surface area contributed by atoms with Crippen LogP contribution in [0.5, 0.6) is 0 Å². The first-order chi connectivity index (χ1) is 11.8. The van der Waals surface area contributed by atoms with Crippen LogP contribution in [0.1, 0.15) is 22.9 Å². The zero-order valence-electron chi connectivity index (χ0n) is 14.9. The molecule has 0 bridgehead atoms. The summed E-state index contributed by atoms with van der Waals surface area (Å²) in [6, 6.07) is 9.43. The number of sulfone groups is 1. The summed E-state index contributed by atoms with van der Waals surface area (Å²) in [5.41, 5.74) is 1.72. The van der Waals surface area contributed by atoms with Gasteiger partial charge in [-0.1, -0.05) is 12.1 Å². The predicted octanol–water partition coefficient (Wildman–Crippen LogP) is 4.10. The van der Waals surface area contributed by atoms with Crippen LogP contribution >= 0.6 is 51.2 Å². The maximum Gasteiger partial charge on any atom is 0.191 e. The van der Waals surface area contributed by atoms with E-state index in [-0.39, 0.29) is 24.0 Å². The predicted molar refractivity (Wildman–Crippen MR) is 123 cm³/mol. The minimum Gasteiger partial charge on any atom is -0.357 e. The van der Waals surface area contributed by atoms with Crippen molar-refractivity contribution < 1.29 is 8.42 Å². The molecule has 0 fully saturated rings. The van der Waals surface area contributed by atoms with Gasteiger partial charge >= 0.3 is 0 Å². The van der Waals surface area contributed by atoms with Crippen molar-refractivity contribution in [2.75, 3.05) is 12.8 Å². The Morgan fingerprint density at radius 1 is 1.23 bits per heavy atom. The van der Waals surface area contributed by atoms with Gasteiger partial charge in [0.1, 0.15) is 0 Å². The maximum atomic E-state index is 11.7. The first-order valence-electron chi connectivity index (χ1n) is 7.85. The van der Waals surface area contributed by atoms with Gasteiger partial charge in [0.15, 0.2) is 15.8 Å². The number of nitrogens with one attached hydrogen (secondary N) is 2. The summed E-state index contributed by atoms with van der Waals surface area (Å²) in [6.45, 7) is 5.78. The molecular formula is C17H23BrIN3O2S2. The maximum absolute atomic E-state index is 11.7. The van der Waals surface area contributed by atoms with Gasteiger partial charge < -0.3 is 10.6 Å². The van der Waals surface area contributed by atoms with Gasteiger partial charge in [0, 0.05) is 17.7 Å². The molecule has 0 aliphatic rings. The highest BCUT2D eigenvalue weighted by atomic mass is 127. The standard InChI is InChI=1S/C17H22BrN3O2S2.HI/c1-4-19-17(21-11-14-6-8-16(18)24-14)20-10-13-5-7-15(12(2)9-13)25(3,22)23;/h5-9H,4,10-11H2,1-3H3,(H2,19,20,21);1H. The summed E-state index contributed by atoms with van der Waals surface area (Å²) in [5, 5.41) is 6.52. The lowest BCUT2D eigenvalue weighted by molar-refractivity contribution is 0.601. The monoisotopic (exact) mass is 571 g/mol. The molecule has 5 nitrogen and oxygen atoms in total. The van der Waals surface area contributed by atoms with Gasteiger partial charge in [-0.25, -0.2) is 13.4 Å². The van der Waals surface area contributed by atoms with E-state index in [4.69, 9.17) is 0 Å². The number of aliphatic imine (C=N–C) groups is 1. The molecular weight excluding hydrogens is 549 g/mol. The van der Waals surface area contributed by atoms with Gasteiger partial charge in [-0.2, -0.15) is 0 Å². The zero-order valence-corrected chi connectivity index (χ0v) is 20.4. The highest BCUT2D eigenvalue weighted by molar-refractivity contribution is 14.0. The molecule has 1 heterocycles. The Morgan fingerprint density at radius 2 is 1.96 bits per heavy atom. The molecule has 0 radical (unpaired) electrons. The number of thiophene rings is 1. The first kappa shape index (κ1) is 23.4. The fraction of sp³-hybridized carbons (Fsp3) is 0.353. The number of rotatable bonds is 6. The summed E-state index contributed by atoms with van der Waals surface area (Å²) < 4.78 is 24.5. The van der Waals surface area contributed by atoms with E-state index in [9.17, 15) is 8.42 Å². The van der Waals surface area contributed by atoms with Crippen molar-refractivity contribution in [1.29, 1.82) is 0 Å². The molecule has 2 N–H and O–H groups in total. The molecule has 2 aromatic rings. The molecule has 9 heteroatoms. The molecule has 1 aromatic carbocycles. The molecule has 0 aliphatic heterocycles. The van der Waals surface area contributed by atoms with Crippen LogP contribution in [0.25, 0.3) is 0 Å². The summed E-state index contributed by atoms with van der Waals surface area (Å²) in [4.78, 5) is 6.16. The topological polar surface area (TPSA) is 70.6 Å². The van der Waals surface area contributed by atoms with Gasteiger partial charge in [0.25, 0.3) is 0 Å². The highest BCUT2D eigenvalue weighted by Crippen LogP contribution is 2.21. The van der Waals surface area contributed by atoms with E-state index in [1.165, 1.54) is 11.1 Å². The van der Waals surface area contributed by atoms with E-state index in [1.807, 2.05) is 32.0 Å². The molecule has 144 valence electrons. The SMILES string of the molecule is CCNC(=NCc1ccc(S(C)(=O)=O)c(C)c1)NCc1ccc(Br)s1.I. The van der Waals surface area contributed by atoms with Gasteiger partial charge in [-0.05, 0) is 59.1 Å². The van der Waals surface area contributed by atoms with Crippen LogP contribution in [0, 0.1) is 6.92 Å². The first-order valence-corrected chi connectivity index (χ1v) is 11.4. The van der Waals surface area contributed by atoms with Crippen LogP contribution in [-0.2, 0) is 22.9 Å². The van der Waals surface area contributed by atoms with Gasteiger partial charge in [-0.15, -0.1) is 35.3 Å². The largest absolute Gasteiger partial charge is 0.357 e. The third-order valence-corrected chi connectivity index (χ3v) is 6.34. The van der Waals surface area contributed by atoms with Crippen molar-refractivity contribution in [1.82, 2.24) is 10.6 Å². The molecule has 0 amide bonds. The van der Waals surface area contributed by atoms with E-state index < -0.39 is 9.84 Å².